The van der Waals surface area contributed by atoms with Crippen LogP contribution in [0.25, 0.3) is 0 Å². The molecule has 0 heterocycles. The second-order valence-corrected chi connectivity index (χ2v) is 2.87. The molecule has 4 heteroatoms. The van der Waals surface area contributed by atoms with Gasteiger partial charge in [-0.05, 0) is 24.3 Å². The lowest BCUT2D eigenvalue weighted by Crippen LogP contribution is -2.23. The Morgan fingerprint density at radius 3 is 2.33 bits per heavy atom. The van der Waals surface area contributed by atoms with Gasteiger partial charge >= 0.3 is 6.09 Å². The molecule has 0 aliphatic carbocycles. The third-order valence-corrected chi connectivity index (χ3v) is 1.82. The van der Waals surface area contributed by atoms with Crippen molar-refractivity contribution in [2.24, 2.45) is 0 Å². The number of hydrogen-bond donors (Lipinski definition) is 2. The summed E-state index contributed by atoms with van der Waals surface area (Å²) in [5.41, 5.74) is 0.639. The molecule has 0 fully saturated rings. The zero-order valence-electron chi connectivity index (χ0n) is 6.56. The molecule has 0 unspecified atom stereocenters. The van der Waals surface area contributed by atoms with Gasteiger partial charge in [-0.3, -0.25) is 4.90 Å². The van der Waals surface area contributed by atoms with E-state index in [9.17, 15) is 4.79 Å². The van der Waals surface area contributed by atoms with Crippen molar-refractivity contribution in [1.82, 2.24) is 0 Å². The molecule has 1 rings (SSSR count). The normalized spacial score (nSPS) is 9.50. The average molecular weight is 183 g/mol. The topological polar surface area (TPSA) is 40.5 Å². The molecular weight excluding hydrogens is 174 g/mol. The highest BCUT2D eigenvalue weighted by Gasteiger charge is 2.06. The van der Waals surface area contributed by atoms with Crippen LogP contribution < -0.4 is 4.90 Å². The maximum Gasteiger partial charge on any atom is 0.411 e. The van der Waals surface area contributed by atoms with Crippen molar-refractivity contribution < 1.29 is 9.90 Å². The summed E-state index contributed by atoms with van der Waals surface area (Å²) in [6.07, 6.45) is -0.970. The second kappa shape index (κ2) is 3.49. The van der Waals surface area contributed by atoms with E-state index in [-0.39, 0.29) is 0 Å². The molecule has 1 N–H and O–H groups in total. The first-order valence-electron chi connectivity index (χ1n) is 3.37. The second-order valence-electron chi connectivity index (χ2n) is 2.36. The van der Waals surface area contributed by atoms with Crippen molar-refractivity contribution >= 4 is 24.4 Å². The number of amides is 1. The Balaban J connectivity index is 2.89. The third-order valence-electron chi connectivity index (χ3n) is 1.52. The zero-order chi connectivity index (χ0) is 9.14. The lowest BCUT2D eigenvalue weighted by atomic mass is 10.3. The number of thiol groups is 1. The number of carboxylic acid groups (broad SMARTS) is 1. The van der Waals surface area contributed by atoms with E-state index in [1.165, 1.54) is 7.05 Å². The highest BCUT2D eigenvalue weighted by Crippen LogP contribution is 2.15. The van der Waals surface area contributed by atoms with Crippen molar-refractivity contribution in [1.29, 1.82) is 0 Å². The van der Waals surface area contributed by atoms with Crippen LogP contribution in [0, 0.1) is 0 Å². The number of rotatable bonds is 1. The van der Waals surface area contributed by atoms with Crippen molar-refractivity contribution in [3.8, 4) is 0 Å². The minimum absolute atomic E-state index is 0.639. The Bertz CT molecular complexity index is 284. The van der Waals surface area contributed by atoms with Gasteiger partial charge in [0, 0.05) is 17.6 Å². The molecule has 0 radical (unpaired) electrons. The van der Waals surface area contributed by atoms with E-state index in [1.807, 2.05) is 0 Å². The van der Waals surface area contributed by atoms with Gasteiger partial charge in [0.25, 0.3) is 0 Å². The van der Waals surface area contributed by atoms with E-state index >= 15 is 0 Å². The molecule has 0 bridgehead atoms. The van der Waals surface area contributed by atoms with Crippen molar-refractivity contribution in [2.45, 2.75) is 4.90 Å². The monoisotopic (exact) mass is 183 g/mol. The van der Waals surface area contributed by atoms with Crippen LogP contribution >= 0.6 is 12.6 Å². The summed E-state index contributed by atoms with van der Waals surface area (Å²) in [4.78, 5) is 12.5. The van der Waals surface area contributed by atoms with Gasteiger partial charge in [0.05, 0.1) is 0 Å². The number of nitrogens with zero attached hydrogens (tertiary/aromatic N) is 1. The Hall–Kier alpha value is -1.16. The molecule has 1 amide bonds. The molecule has 3 nitrogen and oxygen atoms in total. The van der Waals surface area contributed by atoms with E-state index in [2.05, 4.69) is 12.6 Å². The Morgan fingerprint density at radius 2 is 1.92 bits per heavy atom. The number of benzene rings is 1. The zero-order valence-corrected chi connectivity index (χ0v) is 7.45. The molecule has 1 aromatic carbocycles. The molecule has 0 saturated heterocycles. The summed E-state index contributed by atoms with van der Waals surface area (Å²) in [5.74, 6) is 0. The van der Waals surface area contributed by atoms with Crippen LogP contribution in [0.5, 0.6) is 0 Å². The lowest BCUT2D eigenvalue weighted by Gasteiger charge is -2.12. The van der Waals surface area contributed by atoms with Crippen LogP contribution in [0.2, 0.25) is 0 Å². The van der Waals surface area contributed by atoms with E-state index in [1.54, 1.807) is 24.3 Å². The minimum Gasteiger partial charge on any atom is -0.465 e. The van der Waals surface area contributed by atoms with Crippen molar-refractivity contribution in [3.05, 3.63) is 24.3 Å². The minimum atomic E-state index is -0.970. The quantitative estimate of drug-likeness (QED) is 0.654. The van der Waals surface area contributed by atoms with Crippen LogP contribution in [0.4, 0.5) is 10.5 Å². The van der Waals surface area contributed by atoms with Gasteiger partial charge in [-0.2, -0.15) is 0 Å². The Kier molecular flexibility index (Phi) is 2.60. The summed E-state index contributed by atoms with van der Waals surface area (Å²) in [5, 5.41) is 8.61. The van der Waals surface area contributed by atoms with Gasteiger partial charge in [-0.25, -0.2) is 4.79 Å². The maximum absolute atomic E-state index is 10.5. The van der Waals surface area contributed by atoms with Crippen LogP contribution in [0.15, 0.2) is 29.2 Å². The molecule has 0 aliphatic heterocycles. The van der Waals surface area contributed by atoms with Crippen molar-refractivity contribution in [3.63, 3.8) is 0 Å². The smallest absolute Gasteiger partial charge is 0.411 e. The molecule has 1 aromatic rings. The first-order valence-corrected chi connectivity index (χ1v) is 3.81. The van der Waals surface area contributed by atoms with E-state index in [0.29, 0.717) is 5.69 Å². The largest absolute Gasteiger partial charge is 0.465 e. The fourth-order valence-corrected chi connectivity index (χ4v) is 0.936. The first-order chi connectivity index (χ1) is 5.61. The van der Waals surface area contributed by atoms with E-state index in [4.69, 9.17) is 5.11 Å². The van der Waals surface area contributed by atoms with Crippen LogP contribution in [-0.4, -0.2) is 18.2 Å². The van der Waals surface area contributed by atoms with Crippen LogP contribution in [-0.2, 0) is 0 Å². The van der Waals surface area contributed by atoms with Gasteiger partial charge in [0.1, 0.15) is 0 Å². The molecule has 64 valence electrons. The summed E-state index contributed by atoms with van der Waals surface area (Å²) in [7, 11) is 1.50. The molecule has 0 aliphatic rings. The Labute approximate surface area is 76.0 Å². The van der Waals surface area contributed by atoms with Crippen LogP contribution in [0.3, 0.4) is 0 Å². The molecule has 12 heavy (non-hydrogen) atoms. The molecule has 0 aromatic heterocycles. The van der Waals surface area contributed by atoms with E-state index < -0.39 is 6.09 Å². The fourth-order valence-electron chi connectivity index (χ4n) is 0.787. The third kappa shape index (κ3) is 1.92. The van der Waals surface area contributed by atoms with Gasteiger partial charge in [-0.1, -0.05) is 0 Å². The van der Waals surface area contributed by atoms with Gasteiger partial charge in [0.2, 0.25) is 0 Å². The van der Waals surface area contributed by atoms with Crippen LogP contribution in [0.1, 0.15) is 0 Å². The standard InChI is InChI=1S/C8H9NO2S/c1-9(8(10)11)6-2-4-7(12)5-3-6/h2-5,12H,1H3,(H,10,11). The van der Waals surface area contributed by atoms with E-state index in [0.717, 1.165) is 9.80 Å². The summed E-state index contributed by atoms with van der Waals surface area (Å²) >= 11 is 4.09. The Morgan fingerprint density at radius 1 is 1.42 bits per heavy atom. The summed E-state index contributed by atoms with van der Waals surface area (Å²) < 4.78 is 0. The number of hydrogen-bond acceptors (Lipinski definition) is 2. The highest BCUT2D eigenvalue weighted by atomic mass is 32.1. The number of carbonyl (C=O) groups is 1. The predicted molar refractivity (Wildman–Crippen MR) is 50.1 cm³/mol. The fraction of sp³-hybridized carbons (Fsp3) is 0.125. The molecular formula is C8H9NO2S. The highest BCUT2D eigenvalue weighted by molar-refractivity contribution is 7.80. The number of anilines is 1. The van der Waals surface area contributed by atoms with Gasteiger partial charge in [-0.15, -0.1) is 12.6 Å². The summed E-state index contributed by atoms with van der Waals surface area (Å²) in [6.45, 7) is 0. The molecule has 0 atom stereocenters. The van der Waals surface area contributed by atoms with Gasteiger partial charge < -0.3 is 5.11 Å². The van der Waals surface area contributed by atoms with Crippen molar-refractivity contribution in [2.75, 3.05) is 11.9 Å². The maximum atomic E-state index is 10.5. The predicted octanol–water partition coefficient (Wildman–Crippen LogP) is 2.09. The lowest BCUT2D eigenvalue weighted by molar-refractivity contribution is 0.203. The summed E-state index contributed by atoms with van der Waals surface area (Å²) in [6, 6.07) is 6.91. The average Bonchev–Trinajstić information content (AvgIpc) is 2.04. The first kappa shape index (κ1) is 8.93. The molecule has 0 saturated carbocycles. The van der Waals surface area contributed by atoms with Gasteiger partial charge in [0.15, 0.2) is 0 Å². The molecule has 0 spiro atoms. The SMILES string of the molecule is CN(C(=O)O)c1ccc(S)cc1.